The van der Waals surface area contributed by atoms with Gasteiger partial charge in [-0.15, -0.1) is 0 Å². The topological polar surface area (TPSA) is 85.2 Å². The minimum absolute atomic E-state index is 0.508. The largest absolute Gasteiger partial charge is 0.397 e. The Labute approximate surface area is 71.2 Å². The highest BCUT2D eigenvalue weighted by molar-refractivity contribution is 5.43. The zero-order valence-electron chi connectivity index (χ0n) is 6.94. The average molecular weight is 167 g/mol. The highest BCUT2D eigenvalue weighted by Gasteiger charge is 2.15. The summed E-state index contributed by atoms with van der Waals surface area (Å²) in [5.74, 6) is 0. The van der Waals surface area contributed by atoms with Crippen molar-refractivity contribution in [1.82, 2.24) is 4.98 Å². The van der Waals surface area contributed by atoms with Gasteiger partial charge in [0.25, 0.3) is 0 Å². The van der Waals surface area contributed by atoms with E-state index in [2.05, 4.69) is 4.98 Å². The van der Waals surface area contributed by atoms with Crippen LogP contribution in [-0.2, 0) is 0 Å². The summed E-state index contributed by atoms with van der Waals surface area (Å²) >= 11 is 0. The molecule has 0 bridgehead atoms. The van der Waals surface area contributed by atoms with Crippen molar-refractivity contribution < 1.29 is 5.11 Å². The molecule has 1 aromatic rings. The van der Waals surface area contributed by atoms with E-state index in [9.17, 15) is 5.11 Å². The smallest absolute Gasteiger partial charge is 0.0826 e. The Morgan fingerprint density at radius 2 is 2.25 bits per heavy atom. The lowest BCUT2D eigenvalue weighted by atomic mass is 10.1. The maximum Gasteiger partial charge on any atom is 0.0826 e. The Bertz CT molecular complexity index is 262. The summed E-state index contributed by atoms with van der Waals surface area (Å²) in [4.78, 5) is 3.99. The van der Waals surface area contributed by atoms with Gasteiger partial charge in [0.1, 0.15) is 0 Å². The molecule has 0 aliphatic carbocycles. The summed E-state index contributed by atoms with van der Waals surface area (Å²) in [5, 5.41) is 9.18. The van der Waals surface area contributed by atoms with Gasteiger partial charge in [-0.1, -0.05) is 0 Å². The summed E-state index contributed by atoms with van der Waals surface area (Å²) in [5.41, 5.74) is 12.3. The minimum Gasteiger partial charge on any atom is -0.397 e. The van der Waals surface area contributed by atoms with Gasteiger partial charge >= 0.3 is 0 Å². The van der Waals surface area contributed by atoms with Gasteiger partial charge in [0.15, 0.2) is 0 Å². The van der Waals surface area contributed by atoms with E-state index in [0.717, 1.165) is 0 Å². The predicted molar refractivity (Wildman–Crippen MR) is 47.3 cm³/mol. The number of pyridine rings is 1. The summed E-state index contributed by atoms with van der Waals surface area (Å²) in [6.07, 6.45) is 0.968. The molecule has 1 rings (SSSR count). The molecule has 1 heterocycles. The molecule has 5 N–H and O–H groups in total. The maximum atomic E-state index is 9.18. The van der Waals surface area contributed by atoms with Gasteiger partial charge in [-0.05, 0) is 19.1 Å². The van der Waals surface area contributed by atoms with Crippen molar-refractivity contribution in [3.8, 4) is 0 Å². The first-order chi connectivity index (χ1) is 5.63. The third kappa shape index (κ3) is 1.72. The monoisotopic (exact) mass is 167 g/mol. The summed E-state index contributed by atoms with van der Waals surface area (Å²) in [7, 11) is 0. The van der Waals surface area contributed by atoms with E-state index >= 15 is 0 Å². The molecular weight excluding hydrogens is 154 g/mol. The van der Waals surface area contributed by atoms with E-state index < -0.39 is 12.1 Å². The SMILES string of the molecule is C[C@H](O)[C@H](N)c1ncccc1N. The zero-order valence-corrected chi connectivity index (χ0v) is 6.94. The predicted octanol–water partition coefficient (Wildman–Crippen LogP) is 0.0444. The van der Waals surface area contributed by atoms with Gasteiger partial charge in [0.05, 0.1) is 23.5 Å². The van der Waals surface area contributed by atoms with Crippen LogP contribution in [0.1, 0.15) is 18.7 Å². The van der Waals surface area contributed by atoms with Crippen LogP contribution >= 0.6 is 0 Å². The second kappa shape index (κ2) is 3.51. The molecule has 0 saturated heterocycles. The quantitative estimate of drug-likeness (QED) is 0.580. The highest BCUT2D eigenvalue weighted by Crippen LogP contribution is 2.17. The van der Waals surface area contributed by atoms with Gasteiger partial charge in [-0.2, -0.15) is 0 Å². The van der Waals surface area contributed by atoms with Gasteiger partial charge in [0.2, 0.25) is 0 Å². The fraction of sp³-hybridized carbons (Fsp3) is 0.375. The van der Waals surface area contributed by atoms with Crippen molar-refractivity contribution in [3.63, 3.8) is 0 Å². The number of aliphatic hydroxyl groups excluding tert-OH is 1. The molecule has 2 atom stereocenters. The first-order valence-corrected chi connectivity index (χ1v) is 3.77. The number of anilines is 1. The van der Waals surface area contributed by atoms with Crippen molar-refractivity contribution in [2.24, 2.45) is 5.73 Å². The molecule has 0 fully saturated rings. The highest BCUT2D eigenvalue weighted by atomic mass is 16.3. The van der Waals surface area contributed by atoms with E-state index in [-0.39, 0.29) is 0 Å². The molecule has 0 amide bonds. The minimum atomic E-state index is -0.637. The van der Waals surface area contributed by atoms with Crippen LogP contribution in [0.25, 0.3) is 0 Å². The Balaban J connectivity index is 2.94. The van der Waals surface area contributed by atoms with Crippen LogP contribution in [0, 0.1) is 0 Å². The first-order valence-electron chi connectivity index (χ1n) is 3.77. The Hall–Kier alpha value is -1.13. The Kier molecular flexibility index (Phi) is 2.62. The van der Waals surface area contributed by atoms with Crippen LogP contribution in [0.5, 0.6) is 0 Å². The molecule has 0 aliphatic heterocycles. The molecule has 12 heavy (non-hydrogen) atoms. The van der Waals surface area contributed by atoms with E-state index in [1.54, 1.807) is 25.3 Å². The third-order valence-electron chi connectivity index (χ3n) is 1.71. The van der Waals surface area contributed by atoms with Crippen LogP contribution in [-0.4, -0.2) is 16.2 Å². The zero-order chi connectivity index (χ0) is 9.14. The molecule has 4 nitrogen and oxygen atoms in total. The standard InChI is InChI=1S/C8H13N3O/c1-5(12)7(10)8-6(9)3-2-4-11-8/h2-5,7,12H,9-10H2,1H3/t5-,7-/m0/s1. The van der Waals surface area contributed by atoms with E-state index in [0.29, 0.717) is 11.4 Å². The number of hydrogen-bond donors (Lipinski definition) is 3. The van der Waals surface area contributed by atoms with Gasteiger partial charge < -0.3 is 16.6 Å². The number of aliphatic hydroxyl groups is 1. The summed E-state index contributed by atoms with van der Waals surface area (Å²) in [6, 6.07) is 2.93. The molecule has 0 aromatic carbocycles. The van der Waals surface area contributed by atoms with E-state index in [4.69, 9.17) is 11.5 Å². The Morgan fingerprint density at radius 1 is 1.58 bits per heavy atom. The van der Waals surface area contributed by atoms with E-state index in [1.807, 2.05) is 0 Å². The second-order valence-electron chi connectivity index (χ2n) is 2.74. The third-order valence-corrected chi connectivity index (χ3v) is 1.71. The van der Waals surface area contributed by atoms with Crippen molar-refractivity contribution >= 4 is 5.69 Å². The van der Waals surface area contributed by atoms with E-state index in [1.165, 1.54) is 0 Å². The van der Waals surface area contributed by atoms with Gasteiger partial charge in [-0.3, -0.25) is 4.98 Å². The van der Waals surface area contributed by atoms with Crippen molar-refractivity contribution in [1.29, 1.82) is 0 Å². The number of hydrogen-bond acceptors (Lipinski definition) is 4. The average Bonchev–Trinajstić information content (AvgIpc) is 2.04. The number of nitrogens with zero attached hydrogens (tertiary/aromatic N) is 1. The molecular formula is C8H13N3O. The first kappa shape index (κ1) is 8.96. The molecule has 66 valence electrons. The number of rotatable bonds is 2. The lowest BCUT2D eigenvalue weighted by Crippen LogP contribution is -2.25. The molecule has 1 aromatic heterocycles. The number of aromatic nitrogens is 1. The van der Waals surface area contributed by atoms with Crippen LogP contribution in [0.15, 0.2) is 18.3 Å². The van der Waals surface area contributed by atoms with Crippen molar-refractivity contribution in [3.05, 3.63) is 24.0 Å². The maximum absolute atomic E-state index is 9.18. The number of nitrogen functional groups attached to an aromatic ring is 1. The van der Waals surface area contributed by atoms with Crippen LogP contribution in [0.2, 0.25) is 0 Å². The van der Waals surface area contributed by atoms with Crippen LogP contribution in [0.4, 0.5) is 5.69 Å². The number of nitrogens with two attached hydrogens (primary N) is 2. The fourth-order valence-electron chi connectivity index (χ4n) is 0.937. The fourth-order valence-corrected chi connectivity index (χ4v) is 0.937. The van der Waals surface area contributed by atoms with Gasteiger partial charge in [-0.25, -0.2) is 0 Å². The van der Waals surface area contributed by atoms with Crippen molar-refractivity contribution in [2.75, 3.05) is 5.73 Å². The van der Waals surface area contributed by atoms with Crippen LogP contribution in [0.3, 0.4) is 0 Å². The lowest BCUT2D eigenvalue weighted by molar-refractivity contribution is 0.163. The van der Waals surface area contributed by atoms with Crippen LogP contribution < -0.4 is 11.5 Å². The molecule has 0 radical (unpaired) electrons. The summed E-state index contributed by atoms with van der Waals surface area (Å²) < 4.78 is 0. The molecule has 0 spiro atoms. The molecule has 0 saturated carbocycles. The molecule has 0 aliphatic rings. The summed E-state index contributed by atoms with van der Waals surface area (Å²) in [6.45, 7) is 1.61. The van der Waals surface area contributed by atoms with Gasteiger partial charge in [0, 0.05) is 6.20 Å². The normalized spacial score (nSPS) is 15.6. The Morgan fingerprint density at radius 3 is 2.75 bits per heavy atom. The van der Waals surface area contributed by atoms with Crippen molar-refractivity contribution in [2.45, 2.75) is 19.1 Å². The molecule has 0 unspecified atom stereocenters. The molecule has 4 heteroatoms. The lowest BCUT2D eigenvalue weighted by Gasteiger charge is -2.15. The second-order valence-corrected chi connectivity index (χ2v) is 2.74.